The lowest BCUT2D eigenvalue weighted by atomic mass is 10.1. The van der Waals surface area contributed by atoms with Crippen LogP contribution in [0.4, 0.5) is 5.69 Å². The van der Waals surface area contributed by atoms with Crippen LogP contribution in [0.15, 0.2) is 18.5 Å². The lowest BCUT2D eigenvalue weighted by Gasteiger charge is -2.37. The molecule has 88 valence electrons. The summed E-state index contributed by atoms with van der Waals surface area (Å²) in [5.41, 5.74) is 2.28. The molecule has 2 heterocycles. The number of halogens is 1. The summed E-state index contributed by atoms with van der Waals surface area (Å²) in [7, 11) is 0. The van der Waals surface area contributed by atoms with Gasteiger partial charge >= 0.3 is 0 Å². The van der Waals surface area contributed by atoms with Crippen molar-refractivity contribution in [3.63, 3.8) is 0 Å². The number of pyridine rings is 1. The Bertz CT molecular complexity index is 349. The van der Waals surface area contributed by atoms with Crippen LogP contribution >= 0.6 is 11.6 Å². The minimum Gasteiger partial charge on any atom is -0.372 e. The summed E-state index contributed by atoms with van der Waals surface area (Å²) in [5, 5.41) is 0. The Kier molecular flexibility index (Phi) is 3.66. The van der Waals surface area contributed by atoms with E-state index < -0.39 is 0 Å². The standard InChI is InChI=1S/C12H17ClN2O/c1-9-7-15(8-10(2)16-9)12-3-4-14-6-11(12)5-13/h3-4,6,9-10H,5,7-8H2,1-2H3/t9-,10+. The number of hydrogen-bond acceptors (Lipinski definition) is 3. The molecule has 1 aromatic heterocycles. The molecule has 1 aliphatic rings. The molecular weight excluding hydrogens is 224 g/mol. The van der Waals surface area contributed by atoms with Gasteiger partial charge in [0.1, 0.15) is 0 Å². The van der Waals surface area contributed by atoms with E-state index in [2.05, 4.69) is 23.7 Å². The lowest BCUT2D eigenvalue weighted by Crippen LogP contribution is -2.45. The molecule has 0 aliphatic carbocycles. The molecule has 1 fully saturated rings. The minimum absolute atomic E-state index is 0.264. The van der Waals surface area contributed by atoms with E-state index in [1.165, 1.54) is 5.69 Å². The van der Waals surface area contributed by atoms with Crippen LogP contribution in [0.1, 0.15) is 19.4 Å². The Labute approximate surface area is 101 Å². The van der Waals surface area contributed by atoms with Crippen molar-refractivity contribution in [2.75, 3.05) is 18.0 Å². The zero-order chi connectivity index (χ0) is 11.5. The van der Waals surface area contributed by atoms with E-state index in [9.17, 15) is 0 Å². The van der Waals surface area contributed by atoms with Gasteiger partial charge in [0.15, 0.2) is 0 Å². The van der Waals surface area contributed by atoms with Gasteiger partial charge in [0.2, 0.25) is 0 Å². The van der Waals surface area contributed by atoms with Crippen molar-refractivity contribution in [2.45, 2.75) is 31.9 Å². The number of nitrogens with zero attached hydrogens (tertiary/aromatic N) is 2. The highest BCUT2D eigenvalue weighted by Crippen LogP contribution is 2.24. The summed E-state index contributed by atoms with van der Waals surface area (Å²) in [6, 6.07) is 2.03. The largest absolute Gasteiger partial charge is 0.372 e. The molecule has 3 nitrogen and oxygen atoms in total. The Hall–Kier alpha value is -0.800. The van der Waals surface area contributed by atoms with Crippen LogP contribution in [0.25, 0.3) is 0 Å². The number of anilines is 1. The first kappa shape index (κ1) is 11.7. The molecule has 2 rings (SSSR count). The molecule has 16 heavy (non-hydrogen) atoms. The SMILES string of the molecule is C[C@@H]1CN(c2ccncc2CCl)C[C@H](C)O1. The third-order valence-corrected chi connectivity index (χ3v) is 3.07. The molecule has 1 saturated heterocycles. The molecule has 0 N–H and O–H groups in total. The Morgan fingerprint density at radius 1 is 1.44 bits per heavy atom. The predicted octanol–water partition coefficient (Wildman–Crippen LogP) is 2.43. The van der Waals surface area contributed by atoms with Crippen LogP contribution in [0.5, 0.6) is 0 Å². The van der Waals surface area contributed by atoms with Crippen LogP contribution in [-0.4, -0.2) is 30.3 Å². The van der Waals surface area contributed by atoms with E-state index in [0.717, 1.165) is 18.7 Å². The first-order chi connectivity index (χ1) is 7.70. The third kappa shape index (κ3) is 2.47. The molecule has 2 atom stereocenters. The van der Waals surface area contributed by atoms with Crippen LogP contribution in [0.3, 0.4) is 0 Å². The third-order valence-electron chi connectivity index (χ3n) is 2.78. The Morgan fingerprint density at radius 3 is 2.75 bits per heavy atom. The summed E-state index contributed by atoms with van der Waals surface area (Å²) in [4.78, 5) is 6.44. The van der Waals surface area contributed by atoms with Gasteiger partial charge in [-0.3, -0.25) is 4.98 Å². The van der Waals surface area contributed by atoms with Gasteiger partial charge in [-0.25, -0.2) is 0 Å². The molecule has 0 unspecified atom stereocenters. The van der Waals surface area contributed by atoms with E-state index in [-0.39, 0.29) is 12.2 Å². The summed E-state index contributed by atoms with van der Waals surface area (Å²) >= 11 is 5.93. The number of morpholine rings is 1. The minimum atomic E-state index is 0.264. The summed E-state index contributed by atoms with van der Waals surface area (Å²) in [6.45, 7) is 6.03. The molecule has 0 bridgehead atoms. The molecule has 0 aromatic carbocycles. The van der Waals surface area contributed by atoms with Crippen molar-refractivity contribution >= 4 is 17.3 Å². The van der Waals surface area contributed by atoms with Gasteiger partial charge in [-0.05, 0) is 19.9 Å². The van der Waals surface area contributed by atoms with Crippen LogP contribution in [-0.2, 0) is 10.6 Å². The van der Waals surface area contributed by atoms with Crippen molar-refractivity contribution in [1.29, 1.82) is 0 Å². The van der Waals surface area contributed by atoms with Gasteiger partial charge in [0, 0.05) is 36.7 Å². The first-order valence-corrected chi connectivity index (χ1v) is 6.13. The molecular formula is C12H17ClN2O. The summed E-state index contributed by atoms with van der Waals surface area (Å²) in [6.07, 6.45) is 4.18. The maximum Gasteiger partial charge on any atom is 0.0726 e. The number of rotatable bonds is 2. The second kappa shape index (κ2) is 5.02. The van der Waals surface area contributed by atoms with Gasteiger partial charge in [0.05, 0.1) is 18.1 Å². The molecule has 0 saturated carbocycles. The summed E-state index contributed by atoms with van der Waals surface area (Å²) < 4.78 is 5.72. The average Bonchev–Trinajstić information content (AvgIpc) is 2.27. The van der Waals surface area contributed by atoms with E-state index in [4.69, 9.17) is 16.3 Å². The Balaban J connectivity index is 2.22. The Morgan fingerprint density at radius 2 is 2.12 bits per heavy atom. The number of hydrogen-bond donors (Lipinski definition) is 0. The molecule has 0 radical (unpaired) electrons. The molecule has 1 aliphatic heterocycles. The van der Waals surface area contributed by atoms with Gasteiger partial charge in [-0.1, -0.05) is 0 Å². The maximum atomic E-state index is 5.93. The highest BCUT2D eigenvalue weighted by atomic mass is 35.5. The lowest BCUT2D eigenvalue weighted by molar-refractivity contribution is -0.00525. The van der Waals surface area contributed by atoms with E-state index in [0.29, 0.717) is 5.88 Å². The van der Waals surface area contributed by atoms with E-state index in [1.54, 1.807) is 0 Å². The molecule has 0 amide bonds. The number of ether oxygens (including phenoxy) is 1. The topological polar surface area (TPSA) is 25.4 Å². The maximum absolute atomic E-state index is 5.93. The van der Waals surface area contributed by atoms with Gasteiger partial charge in [0.25, 0.3) is 0 Å². The zero-order valence-corrected chi connectivity index (χ0v) is 10.4. The van der Waals surface area contributed by atoms with E-state index in [1.807, 2.05) is 18.5 Å². The van der Waals surface area contributed by atoms with Gasteiger partial charge in [-0.15, -0.1) is 11.6 Å². The van der Waals surface area contributed by atoms with E-state index >= 15 is 0 Å². The van der Waals surface area contributed by atoms with Crippen molar-refractivity contribution in [1.82, 2.24) is 4.98 Å². The first-order valence-electron chi connectivity index (χ1n) is 5.60. The highest BCUT2D eigenvalue weighted by molar-refractivity contribution is 6.17. The van der Waals surface area contributed by atoms with Gasteiger partial charge < -0.3 is 9.64 Å². The van der Waals surface area contributed by atoms with Crippen molar-refractivity contribution in [3.8, 4) is 0 Å². The van der Waals surface area contributed by atoms with Crippen LogP contribution in [0, 0.1) is 0 Å². The number of alkyl halides is 1. The average molecular weight is 241 g/mol. The highest BCUT2D eigenvalue weighted by Gasteiger charge is 2.23. The second-order valence-electron chi connectivity index (χ2n) is 4.30. The monoisotopic (exact) mass is 240 g/mol. The van der Waals surface area contributed by atoms with Crippen molar-refractivity contribution < 1.29 is 4.74 Å². The quantitative estimate of drug-likeness (QED) is 0.743. The fourth-order valence-corrected chi connectivity index (χ4v) is 2.41. The molecule has 4 heteroatoms. The smallest absolute Gasteiger partial charge is 0.0726 e. The zero-order valence-electron chi connectivity index (χ0n) is 9.69. The summed E-state index contributed by atoms with van der Waals surface area (Å²) in [5.74, 6) is 0.503. The molecule has 0 spiro atoms. The fourth-order valence-electron chi connectivity index (χ4n) is 2.21. The fraction of sp³-hybridized carbons (Fsp3) is 0.583. The van der Waals surface area contributed by atoms with Crippen molar-refractivity contribution in [3.05, 3.63) is 24.0 Å². The number of aromatic nitrogens is 1. The normalized spacial score (nSPS) is 25.8. The van der Waals surface area contributed by atoms with Crippen LogP contribution in [0.2, 0.25) is 0 Å². The second-order valence-corrected chi connectivity index (χ2v) is 4.57. The molecule has 1 aromatic rings. The predicted molar refractivity (Wildman–Crippen MR) is 66.0 cm³/mol. The van der Waals surface area contributed by atoms with Gasteiger partial charge in [-0.2, -0.15) is 0 Å². The van der Waals surface area contributed by atoms with Crippen molar-refractivity contribution in [2.24, 2.45) is 0 Å². The van der Waals surface area contributed by atoms with Crippen LogP contribution < -0.4 is 4.90 Å².